The molecule has 0 spiro atoms. The Labute approximate surface area is 142 Å². The molecular weight excluding hydrogens is 304 g/mol. The van der Waals surface area contributed by atoms with Crippen LogP contribution in [0.25, 0.3) is 0 Å². The Morgan fingerprint density at radius 1 is 1.08 bits per heavy atom. The first-order valence-electron chi connectivity index (χ1n) is 8.09. The summed E-state index contributed by atoms with van der Waals surface area (Å²) in [5.41, 5.74) is 1.75. The molecule has 2 aromatic rings. The van der Waals surface area contributed by atoms with Crippen LogP contribution in [0.3, 0.4) is 0 Å². The molecule has 1 atom stereocenters. The summed E-state index contributed by atoms with van der Waals surface area (Å²) in [6.45, 7) is 2.80. The zero-order valence-corrected chi connectivity index (χ0v) is 13.8. The number of hydrogen-bond donors (Lipinski definition) is 1. The van der Waals surface area contributed by atoms with Crippen LogP contribution >= 0.6 is 0 Å². The van der Waals surface area contributed by atoms with Crippen molar-refractivity contribution in [3.63, 3.8) is 0 Å². The maximum absolute atomic E-state index is 12.9. The molecule has 0 saturated carbocycles. The molecule has 1 saturated heterocycles. The van der Waals surface area contributed by atoms with Gasteiger partial charge < -0.3 is 14.8 Å². The first-order valence-corrected chi connectivity index (χ1v) is 8.09. The second kappa shape index (κ2) is 7.95. The zero-order valence-electron chi connectivity index (χ0n) is 13.8. The van der Waals surface area contributed by atoms with Crippen molar-refractivity contribution >= 4 is 11.6 Å². The van der Waals surface area contributed by atoms with Gasteiger partial charge in [-0.1, -0.05) is 30.3 Å². The predicted octanol–water partition coefficient (Wildman–Crippen LogP) is 2.71. The highest BCUT2D eigenvalue weighted by molar-refractivity contribution is 5.95. The van der Waals surface area contributed by atoms with Crippen LogP contribution in [-0.2, 0) is 9.53 Å². The molecule has 2 aromatic carbocycles. The van der Waals surface area contributed by atoms with E-state index in [4.69, 9.17) is 9.47 Å². The molecular formula is C19H22N2O3. The zero-order chi connectivity index (χ0) is 16.8. The van der Waals surface area contributed by atoms with Crippen LogP contribution in [-0.4, -0.2) is 44.2 Å². The van der Waals surface area contributed by atoms with E-state index in [1.165, 1.54) is 0 Å². The SMILES string of the molecule is COc1ccc(NC(=O)[C@@H](c2ccccc2)N2CCOCC2)cc1. The molecule has 0 radical (unpaired) electrons. The number of nitrogens with one attached hydrogen (secondary N) is 1. The summed E-state index contributed by atoms with van der Waals surface area (Å²) in [6.07, 6.45) is 0. The van der Waals surface area contributed by atoms with E-state index < -0.39 is 0 Å². The molecule has 1 amide bonds. The lowest BCUT2D eigenvalue weighted by molar-refractivity contribution is -0.123. The van der Waals surface area contributed by atoms with E-state index >= 15 is 0 Å². The molecule has 3 rings (SSSR count). The number of rotatable bonds is 5. The largest absolute Gasteiger partial charge is 0.497 e. The third-order valence-electron chi connectivity index (χ3n) is 4.13. The Bertz CT molecular complexity index is 652. The Kier molecular flexibility index (Phi) is 5.46. The van der Waals surface area contributed by atoms with Gasteiger partial charge in [0.15, 0.2) is 0 Å². The van der Waals surface area contributed by atoms with E-state index in [-0.39, 0.29) is 11.9 Å². The van der Waals surface area contributed by atoms with Crippen LogP contribution < -0.4 is 10.1 Å². The monoisotopic (exact) mass is 326 g/mol. The highest BCUT2D eigenvalue weighted by Gasteiger charge is 2.28. The molecule has 1 aliphatic heterocycles. The molecule has 0 aromatic heterocycles. The predicted molar refractivity (Wildman–Crippen MR) is 93.2 cm³/mol. The van der Waals surface area contributed by atoms with Gasteiger partial charge >= 0.3 is 0 Å². The van der Waals surface area contributed by atoms with Gasteiger partial charge in [-0.2, -0.15) is 0 Å². The van der Waals surface area contributed by atoms with E-state index in [0.717, 1.165) is 30.1 Å². The smallest absolute Gasteiger partial charge is 0.246 e. The fraction of sp³-hybridized carbons (Fsp3) is 0.316. The molecule has 0 unspecified atom stereocenters. The van der Waals surface area contributed by atoms with Crippen molar-refractivity contribution in [2.45, 2.75) is 6.04 Å². The van der Waals surface area contributed by atoms with E-state index in [9.17, 15) is 4.79 Å². The molecule has 1 heterocycles. The molecule has 1 aliphatic rings. The van der Waals surface area contributed by atoms with Crippen LogP contribution in [0.4, 0.5) is 5.69 Å². The second-order valence-electron chi connectivity index (χ2n) is 5.68. The number of morpholine rings is 1. The molecule has 0 bridgehead atoms. The normalized spacial score (nSPS) is 16.4. The average Bonchev–Trinajstić information content (AvgIpc) is 2.64. The van der Waals surface area contributed by atoms with E-state index in [1.807, 2.05) is 54.6 Å². The maximum atomic E-state index is 12.9. The number of carbonyl (C=O) groups is 1. The Hall–Kier alpha value is -2.37. The minimum Gasteiger partial charge on any atom is -0.497 e. The summed E-state index contributed by atoms with van der Waals surface area (Å²) in [5, 5.41) is 3.01. The molecule has 5 heteroatoms. The van der Waals surface area contributed by atoms with Crippen LogP contribution in [0.15, 0.2) is 54.6 Å². The summed E-state index contributed by atoms with van der Waals surface area (Å²) in [6, 6.07) is 16.9. The number of anilines is 1. The quantitative estimate of drug-likeness (QED) is 0.918. The second-order valence-corrected chi connectivity index (χ2v) is 5.68. The van der Waals surface area contributed by atoms with Gasteiger partial charge in [0, 0.05) is 18.8 Å². The van der Waals surface area contributed by atoms with Crippen molar-refractivity contribution in [3.8, 4) is 5.75 Å². The standard InChI is InChI=1S/C19H22N2O3/c1-23-17-9-7-16(8-10-17)20-19(22)18(15-5-3-2-4-6-15)21-11-13-24-14-12-21/h2-10,18H,11-14H2,1H3,(H,20,22)/t18-/m1/s1. The van der Waals surface area contributed by atoms with Crippen LogP contribution in [0.2, 0.25) is 0 Å². The number of amides is 1. The van der Waals surface area contributed by atoms with Gasteiger partial charge in [0.1, 0.15) is 11.8 Å². The molecule has 1 fully saturated rings. The van der Waals surface area contributed by atoms with Crippen LogP contribution in [0.1, 0.15) is 11.6 Å². The first-order chi connectivity index (χ1) is 11.8. The van der Waals surface area contributed by atoms with E-state index in [0.29, 0.717) is 13.2 Å². The Morgan fingerprint density at radius 3 is 2.38 bits per heavy atom. The van der Waals surface area contributed by atoms with Gasteiger partial charge in [0.25, 0.3) is 0 Å². The highest BCUT2D eigenvalue weighted by Crippen LogP contribution is 2.24. The van der Waals surface area contributed by atoms with Crippen molar-refractivity contribution in [2.24, 2.45) is 0 Å². The first kappa shape index (κ1) is 16.5. The number of carbonyl (C=O) groups excluding carboxylic acids is 1. The minimum atomic E-state index is -0.322. The molecule has 24 heavy (non-hydrogen) atoms. The lowest BCUT2D eigenvalue weighted by Gasteiger charge is -2.33. The van der Waals surface area contributed by atoms with Crippen LogP contribution in [0.5, 0.6) is 5.75 Å². The van der Waals surface area contributed by atoms with E-state index in [1.54, 1.807) is 7.11 Å². The number of hydrogen-bond acceptors (Lipinski definition) is 4. The van der Waals surface area contributed by atoms with Crippen LogP contribution in [0, 0.1) is 0 Å². The number of ether oxygens (including phenoxy) is 2. The van der Waals surface area contributed by atoms with Gasteiger partial charge in [0.2, 0.25) is 5.91 Å². The third-order valence-corrected chi connectivity index (χ3v) is 4.13. The Balaban J connectivity index is 1.79. The van der Waals surface area contributed by atoms with Crippen molar-refractivity contribution in [3.05, 3.63) is 60.2 Å². The van der Waals surface area contributed by atoms with Gasteiger partial charge in [-0.3, -0.25) is 9.69 Å². The molecule has 5 nitrogen and oxygen atoms in total. The third kappa shape index (κ3) is 3.93. The average molecular weight is 326 g/mol. The molecule has 1 N–H and O–H groups in total. The minimum absolute atomic E-state index is 0.0340. The maximum Gasteiger partial charge on any atom is 0.246 e. The van der Waals surface area contributed by atoms with Crippen molar-refractivity contribution in [2.75, 3.05) is 38.7 Å². The van der Waals surface area contributed by atoms with Crippen molar-refractivity contribution < 1.29 is 14.3 Å². The van der Waals surface area contributed by atoms with Gasteiger partial charge in [-0.15, -0.1) is 0 Å². The Morgan fingerprint density at radius 2 is 1.75 bits per heavy atom. The molecule has 0 aliphatic carbocycles. The van der Waals surface area contributed by atoms with Gasteiger partial charge in [-0.05, 0) is 29.8 Å². The van der Waals surface area contributed by atoms with Crippen molar-refractivity contribution in [1.29, 1.82) is 0 Å². The summed E-state index contributed by atoms with van der Waals surface area (Å²) >= 11 is 0. The van der Waals surface area contributed by atoms with Gasteiger partial charge in [0.05, 0.1) is 20.3 Å². The summed E-state index contributed by atoms with van der Waals surface area (Å²) < 4.78 is 10.6. The van der Waals surface area contributed by atoms with Gasteiger partial charge in [-0.25, -0.2) is 0 Å². The van der Waals surface area contributed by atoms with Crippen molar-refractivity contribution in [1.82, 2.24) is 4.90 Å². The summed E-state index contributed by atoms with van der Waals surface area (Å²) in [4.78, 5) is 15.1. The van der Waals surface area contributed by atoms with E-state index in [2.05, 4.69) is 10.2 Å². The number of methoxy groups -OCH3 is 1. The highest BCUT2D eigenvalue weighted by atomic mass is 16.5. The fourth-order valence-corrected chi connectivity index (χ4v) is 2.88. The lowest BCUT2D eigenvalue weighted by atomic mass is 10.0. The topological polar surface area (TPSA) is 50.8 Å². The summed E-state index contributed by atoms with van der Waals surface area (Å²) in [5.74, 6) is 0.731. The number of benzene rings is 2. The molecule has 126 valence electrons. The fourth-order valence-electron chi connectivity index (χ4n) is 2.88. The lowest BCUT2D eigenvalue weighted by Crippen LogP contribution is -2.43. The number of nitrogens with zero attached hydrogens (tertiary/aromatic N) is 1. The summed E-state index contributed by atoms with van der Waals surface area (Å²) in [7, 11) is 1.62.